The van der Waals surface area contributed by atoms with Crippen LogP contribution >= 0.6 is 0 Å². The van der Waals surface area contributed by atoms with Gasteiger partial charge in [0.25, 0.3) is 0 Å². The third-order valence-electron chi connectivity index (χ3n) is 3.77. The Labute approximate surface area is 135 Å². The third kappa shape index (κ3) is 3.00. The van der Waals surface area contributed by atoms with Crippen molar-refractivity contribution >= 4 is 5.78 Å². The number of phenols is 1. The summed E-state index contributed by atoms with van der Waals surface area (Å²) in [7, 11) is 0. The number of carbonyl (C=O) groups excluding carboxylic acids is 1. The molecular weight excluding hydrogens is 286 g/mol. The van der Waals surface area contributed by atoms with Crippen LogP contribution in [-0.4, -0.2) is 10.9 Å². The molecule has 0 bridgehead atoms. The van der Waals surface area contributed by atoms with Gasteiger partial charge in [-0.3, -0.25) is 4.79 Å². The van der Waals surface area contributed by atoms with Crippen LogP contribution in [0.25, 0.3) is 11.1 Å². The standard InChI is InChI=1S/C20H17NO2/c21-13-14-11-17(15-7-3-1-4-8-15)20(23)18(12-14)19(22)16-9-5-2-6-10-16/h1-12,23H,13,21H2. The van der Waals surface area contributed by atoms with Crippen molar-refractivity contribution in [3.8, 4) is 16.9 Å². The van der Waals surface area contributed by atoms with Crippen LogP contribution in [-0.2, 0) is 6.54 Å². The SMILES string of the molecule is NCc1cc(C(=O)c2ccccc2)c(O)c(-c2ccccc2)c1. The maximum absolute atomic E-state index is 12.7. The average Bonchev–Trinajstić information content (AvgIpc) is 2.63. The molecule has 0 spiro atoms. The molecule has 0 aliphatic carbocycles. The van der Waals surface area contributed by atoms with Crippen molar-refractivity contribution in [2.45, 2.75) is 6.54 Å². The number of phenolic OH excluding ortho intramolecular Hbond substituents is 1. The summed E-state index contributed by atoms with van der Waals surface area (Å²) in [5, 5.41) is 10.6. The molecule has 23 heavy (non-hydrogen) atoms. The van der Waals surface area contributed by atoms with Gasteiger partial charge in [0, 0.05) is 17.7 Å². The Bertz CT molecular complexity index is 827. The van der Waals surface area contributed by atoms with Crippen LogP contribution in [0.3, 0.4) is 0 Å². The lowest BCUT2D eigenvalue weighted by Crippen LogP contribution is -2.05. The number of hydrogen-bond donors (Lipinski definition) is 2. The van der Waals surface area contributed by atoms with E-state index in [1.54, 1.807) is 30.3 Å². The molecule has 3 aromatic rings. The lowest BCUT2D eigenvalue weighted by atomic mass is 9.94. The van der Waals surface area contributed by atoms with Gasteiger partial charge in [0.15, 0.2) is 5.78 Å². The van der Waals surface area contributed by atoms with E-state index in [4.69, 9.17) is 5.73 Å². The van der Waals surface area contributed by atoms with E-state index in [0.29, 0.717) is 17.7 Å². The van der Waals surface area contributed by atoms with Gasteiger partial charge in [0.1, 0.15) is 5.75 Å². The summed E-state index contributed by atoms with van der Waals surface area (Å²) in [6.07, 6.45) is 0. The summed E-state index contributed by atoms with van der Waals surface area (Å²) in [6.45, 7) is 0.301. The Morgan fingerprint density at radius 3 is 2.13 bits per heavy atom. The molecule has 0 unspecified atom stereocenters. The van der Waals surface area contributed by atoms with Crippen LogP contribution < -0.4 is 5.73 Å². The summed E-state index contributed by atoms with van der Waals surface area (Å²) in [6, 6.07) is 21.9. The summed E-state index contributed by atoms with van der Waals surface area (Å²) in [4.78, 5) is 12.7. The second kappa shape index (κ2) is 6.46. The highest BCUT2D eigenvalue weighted by Crippen LogP contribution is 2.34. The largest absolute Gasteiger partial charge is 0.507 e. The van der Waals surface area contributed by atoms with E-state index in [1.807, 2.05) is 42.5 Å². The van der Waals surface area contributed by atoms with Crippen molar-refractivity contribution in [3.63, 3.8) is 0 Å². The minimum Gasteiger partial charge on any atom is -0.507 e. The van der Waals surface area contributed by atoms with Crippen LogP contribution in [0.1, 0.15) is 21.5 Å². The molecule has 3 nitrogen and oxygen atoms in total. The predicted molar refractivity (Wildman–Crippen MR) is 91.3 cm³/mol. The first kappa shape index (κ1) is 15.0. The lowest BCUT2D eigenvalue weighted by Gasteiger charge is -2.12. The zero-order chi connectivity index (χ0) is 16.2. The van der Waals surface area contributed by atoms with Gasteiger partial charge in [-0.1, -0.05) is 60.7 Å². The zero-order valence-electron chi connectivity index (χ0n) is 12.6. The van der Waals surface area contributed by atoms with Gasteiger partial charge < -0.3 is 10.8 Å². The number of aromatic hydroxyl groups is 1. The molecule has 0 aliphatic heterocycles. The molecule has 0 aliphatic rings. The molecule has 0 atom stereocenters. The van der Waals surface area contributed by atoms with Crippen molar-refractivity contribution in [2.24, 2.45) is 5.73 Å². The monoisotopic (exact) mass is 303 g/mol. The van der Waals surface area contributed by atoms with Crippen LogP contribution in [0.15, 0.2) is 72.8 Å². The van der Waals surface area contributed by atoms with Crippen molar-refractivity contribution in [1.29, 1.82) is 0 Å². The van der Waals surface area contributed by atoms with Crippen molar-refractivity contribution in [1.82, 2.24) is 0 Å². The molecule has 3 rings (SSSR count). The van der Waals surface area contributed by atoms with Crippen molar-refractivity contribution in [2.75, 3.05) is 0 Å². The number of carbonyl (C=O) groups is 1. The highest BCUT2D eigenvalue weighted by atomic mass is 16.3. The van der Waals surface area contributed by atoms with Gasteiger partial charge in [0.2, 0.25) is 0 Å². The highest BCUT2D eigenvalue weighted by molar-refractivity contribution is 6.11. The maximum atomic E-state index is 12.7. The normalized spacial score (nSPS) is 10.5. The van der Waals surface area contributed by atoms with Gasteiger partial charge in [-0.05, 0) is 23.3 Å². The van der Waals surface area contributed by atoms with E-state index in [2.05, 4.69) is 0 Å². The van der Waals surface area contributed by atoms with E-state index in [-0.39, 0.29) is 17.1 Å². The van der Waals surface area contributed by atoms with Gasteiger partial charge in [-0.15, -0.1) is 0 Å². The van der Waals surface area contributed by atoms with Crippen LogP contribution in [0.2, 0.25) is 0 Å². The van der Waals surface area contributed by atoms with Gasteiger partial charge in [-0.2, -0.15) is 0 Å². The molecule has 0 heterocycles. The number of rotatable bonds is 4. The summed E-state index contributed by atoms with van der Waals surface area (Å²) in [5.41, 5.74) is 8.85. The van der Waals surface area contributed by atoms with Gasteiger partial charge >= 0.3 is 0 Å². The third-order valence-corrected chi connectivity index (χ3v) is 3.77. The zero-order valence-corrected chi connectivity index (χ0v) is 12.6. The topological polar surface area (TPSA) is 63.3 Å². The van der Waals surface area contributed by atoms with E-state index in [0.717, 1.165) is 11.1 Å². The Hall–Kier alpha value is -2.91. The molecule has 114 valence electrons. The van der Waals surface area contributed by atoms with Gasteiger partial charge in [-0.25, -0.2) is 0 Å². The Balaban J connectivity index is 2.16. The van der Waals surface area contributed by atoms with Crippen LogP contribution in [0, 0.1) is 0 Å². The second-order valence-electron chi connectivity index (χ2n) is 5.30. The van der Waals surface area contributed by atoms with Crippen molar-refractivity contribution in [3.05, 3.63) is 89.5 Å². The molecule has 0 fully saturated rings. The Morgan fingerprint density at radius 2 is 1.52 bits per heavy atom. The molecule has 0 aromatic heterocycles. The minimum absolute atomic E-state index is 0.0118. The highest BCUT2D eigenvalue weighted by Gasteiger charge is 2.18. The molecular formula is C20H17NO2. The first-order valence-electron chi connectivity index (χ1n) is 7.42. The second-order valence-corrected chi connectivity index (χ2v) is 5.30. The quantitative estimate of drug-likeness (QED) is 0.722. The first-order valence-corrected chi connectivity index (χ1v) is 7.42. The predicted octanol–water partition coefficient (Wildman–Crippen LogP) is 3.75. The molecule has 3 aromatic carbocycles. The Morgan fingerprint density at radius 1 is 0.913 bits per heavy atom. The first-order chi connectivity index (χ1) is 11.2. The molecule has 0 saturated heterocycles. The average molecular weight is 303 g/mol. The van der Waals surface area contributed by atoms with Gasteiger partial charge in [0.05, 0.1) is 5.56 Å². The van der Waals surface area contributed by atoms with E-state index in [1.165, 1.54) is 0 Å². The fourth-order valence-electron chi connectivity index (χ4n) is 2.57. The van der Waals surface area contributed by atoms with Crippen molar-refractivity contribution < 1.29 is 9.90 Å². The lowest BCUT2D eigenvalue weighted by molar-refractivity contribution is 0.103. The summed E-state index contributed by atoms with van der Waals surface area (Å²) in [5.74, 6) is -0.224. The van der Waals surface area contributed by atoms with E-state index >= 15 is 0 Å². The molecule has 0 amide bonds. The molecule has 3 N–H and O–H groups in total. The van der Waals surface area contributed by atoms with Crippen LogP contribution in [0.5, 0.6) is 5.75 Å². The van der Waals surface area contributed by atoms with Crippen LogP contribution in [0.4, 0.5) is 0 Å². The summed E-state index contributed by atoms with van der Waals surface area (Å²) >= 11 is 0. The number of ketones is 1. The van der Waals surface area contributed by atoms with E-state index in [9.17, 15) is 9.90 Å². The smallest absolute Gasteiger partial charge is 0.196 e. The Kier molecular flexibility index (Phi) is 4.22. The fraction of sp³-hybridized carbons (Fsp3) is 0.0500. The number of nitrogens with two attached hydrogens (primary N) is 1. The minimum atomic E-state index is -0.212. The number of benzene rings is 3. The summed E-state index contributed by atoms with van der Waals surface area (Å²) < 4.78 is 0. The number of hydrogen-bond acceptors (Lipinski definition) is 3. The maximum Gasteiger partial charge on any atom is 0.196 e. The molecule has 3 heteroatoms. The van der Waals surface area contributed by atoms with E-state index < -0.39 is 0 Å². The molecule has 0 saturated carbocycles. The molecule has 0 radical (unpaired) electrons. The fourth-order valence-corrected chi connectivity index (χ4v) is 2.57.